The second kappa shape index (κ2) is 8.82. The number of urea groups is 1. The Morgan fingerprint density at radius 3 is 2.67 bits per heavy atom. The van der Waals surface area contributed by atoms with Crippen molar-refractivity contribution in [3.05, 3.63) is 63.9 Å². The van der Waals surface area contributed by atoms with Crippen LogP contribution < -0.4 is 10.1 Å². The van der Waals surface area contributed by atoms with Crippen molar-refractivity contribution in [1.29, 1.82) is 0 Å². The van der Waals surface area contributed by atoms with Gasteiger partial charge in [0.25, 0.3) is 0 Å². The van der Waals surface area contributed by atoms with E-state index in [4.69, 9.17) is 9.26 Å². The minimum atomic E-state index is -0.105. The van der Waals surface area contributed by atoms with E-state index in [9.17, 15) is 4.79 Å². The van der Waals surface area contributed by atoms with Crippen LogP contribution >= 0.6 is 15.9 Å². The monoisotopic (exact) mass is 510 g/mol. The van der Waals surface area contributed by atoms with Crippen molar-refractivity contribution in [2.45, 2.75) is 45.4 Å². The van der Waals surface area contributed by atoms with Gasteiger partial charge in [-0.3, -0.25) is 5.32 Å². The molecule has 33 heavy (non-hydrogen) atoms. The lowest BCUT2D eigenvalue weighted by Crippen LogP contribution is -2.49. The minimum absolute atomic E-state index is 0.105. The van der Waals surface area contributed by atoms with E-state index < -0.39 is 0 Å². The maximum absolute atomic E-state index is 12.6. The van der Waals surface area contributed by atoms with E-state index in [-0.39, 0.29) is 6.03 Å². The zero-order valence-electron chi connectivity index (χ0n) is 18.8. The lowest BCUT2D eigenvalue weighted by Gasteiger charge is -2.52. The fourth-order valence-electron chi connectivity index (χ4n) is 4.90. The normalized spacial score (nSPS) is 17.6. The number of aryl methyl sites for hydroxylation is 1. The lowest BCUT2D eigenvalue weighted by molar-refractivity contribution is 0.0289. The molecule has 1 saturated carbocycles. The number of benzene rings is 1. The number of hydrogen-bond acceptors (Lipinski definition) is 5. The van der Waals surface area contributed by atoms with Crippen molar-refractivity contribution in [2.75, 3.05) is 18.4 Å². The molecule has 1 N–H and O–H groups in total. The van der Waals surface area contributed by atoms with Gasteiger partial charge in [-0.15, -0.1) is 0 Å². The average molecular weight is 511 g/mol. The maximum Gasteiger partial charge on any atom is 0.324 e. The molecule has 0 atom stereocenters. The third-order valence-corrected chi connectivity index (χ3v) is 7.57. The Kier molecular flexibility index (Phi) is 5.86. The van der Waals surface area contributed by atoms with Crippen LogP contribution in [0.3, 0.4) is 0 Å². The molecule has 2 fully saturated rings. The van der Waals surface area contributed by atoms with Gasteiger partial charge in [0, 0.05) is 35.4 Å². The van der Waals surface area contributed by atoms with Gasteiger partial charge in [-0.2, -0.15) is 0 Å². The van der Waals surface area contributed by atoms with Gasteiger partial charge < -0.3 is 14.2 Å². The number of nitrogens with one attached hydrogen (secondary N) is 1. The van der Waals surface area contributed by atoms with Gasteiger partial charge in [0.05, 0.1) is 5.69 Å². The van der Waals surface area contributed by atoms with Gasteiger partial charge in [-0.1, -0.05) is 17.3 Å². The Hall–Kier alpha value is -2.87. The Labute approximate surface area is 201 Å². The van der Waals surface area contributed by atoms with Crippen LogP contribution in [0.25, 0.3) is 0 Å². The van der Waals surface area contributed by atoms with Crippen molar-refractivity contribution < 1.29 is 14.1 Å². The van der Waals surface area contributed by atoms with Gasteiger partial charge in [0.2, 0.25) is 11.8 Å². The molecule has 1 aliphatic carbocycles. The number of nitrogens with zero attached hydrogens (tertiary/aromatic N) is 3. The van der Waals surface area contributed by atoms with Gasteiger partial charge in [0.15, 0.2) is 0 Å². The molecule has 2 aromatic heterocycles. The van der Waals surface area contributed by atoms with Crippen molar-refractivity contribution in [3.8, 4) is 11.6 Å². The van der Waals surface area contributed by atoms with Gasteiger partial charge in [-0.25, -0.2) is 9.78 Å². The third-order valence-electron chi connectivity index (χ3n) is 7.10. The quantitative estimate of drug-likeness (QED) is 0.437. The highest BCUT2D eigenvalue weighted by Crippen LogP contribution is 2.56. The van der Waals surface area contributed by atoms with Crippen LogP contribution in [-0.4, -0.2) is 34.2 Å². The van der Waals surface area contributed by atoms with Gasteiger partial charge in [-0.05, 0) is 90.6 Å². The number of rotatable bonds is 4. The van der Waals surface area contributed by atoms with Crippen molar-refractivity contribution in [2.24, 2.45) is 5.41 Å². The van der Waals surface area contributed by atoms with E-state index in [2.05, 4.69) is 49.6 Å². The van der Waals surface area contributed by atoms with Crippen LogP contribution in [-0.2, 0) is 0 Å². The molecule has 7 nitrogen and oxygen atoms in total. The van der Waals surface area contributed by atoms with Crippen LogP contribution in [0, 0.1) is 19.3 Å². The summed E-state index contributed by atoms with van der Waals surface area (Å²) in [7, 11) is 0. The molecule has 172 valence electrons. The van der Waals surface area contributed by atoms with Gasteiger partial charge in [0.1, 0.15) is 5.75 Å². The largest absolute Gasteiger partial charge is 0.439 e. The third kappa shape index (κ3) is 4.62. The van der Waals surface area contributed by atoms with Crippen LogP contribution in [0.15, 0.2) is 51.6 Å². The van der Waals surface area contributed by atoms with Crippen molar-refractivity contribution >= 4 is 27.8 Å². The maximum atomic E-state index is 12.6. The number of hydrogen-bond donors (Lipinski definition) is 1. The Bertz CT molecular complexity index is 1140. The zero-order valence-corrected chi connectivity index (χ0v) is 20.4. The number of likely N-dealkylation sites (tertiary alicyclic amines) is 1. The number of carbonyl (C=O) groups is 1. The molecule has 1 aliphatic heterocycles. The Balaban J connectivity index is 1.14. The Morgan fingerprint density at radius 1 is 1.21 bits per heavy atom. The molecule has 1 aromatic carbocycles. The van der Waals surface area contributed by atoms with E-state index in [1.54, 1.807) is 6.20 Å². The highest BCUT2D eigenvalue weighted by Gasteiger charge is 2.46. The molecule has 1 spiro atoms. The van der Waals surface area contributed by atoms with Crippen LogP contribution in [0.4, 0.5) is 10.7 Å². The summed E-state index contributed by atoms with van der Waals surface area (Å²) in [5.41, 5.74) is 3.32. The summed E-state index contributed by atoms with van der Waals surface area (Å²) in [6.45, 7) is 5.30. The number of amides is 2. The van der Waals surface area contributed by atoms with Crippen molar-refractivity contribution in [1.82, 2.24) is 15.0 Å². The smallest absolute Gasteiger partial charge is 0.324 e. The molecule has 8 heteroatoms. The summed E-state index contributed by atoms with van der Waals surface area (Å²) >= 11 is 3.39. The number of pyridine rings is 1. The molecule has 2 amide bonds. The standard InChI is InChI=1S/C25H27BrN4O3/c1-16-17(2)29-33-23(16)28-24(31)30-10-8-25(9-11-30)13-19(14-25)18-4-3-5-21(12-18)32-22-7-6-20(26)15-27-22/h3-7,12,15,19H,8-11,13-14H2,1-2H3,(H,28,31). The molecular weight excluding hydrogens is 484 g/mol. The molecule has 1 saturated heterocycles. The van der Waals surface area contributed by atoms with E-state index in [0.29, 0.717) is 23.1 Å². The SMILES string of the molecule is Cc1noc(NC(=O)N2CCC3(CC2)CC(c2cccc(Oc4ccc(Br)cn4)c2)C3)c1C. The minimum Gasteiger partial charge on any atom is -0.439 e. The first-order chi connectivity index (χ1) is 15.9. The molecular formula is C25H27BrN4O3. The summed E-state index contributed by atoms with van der Waals surface area (Å²) < 4.78 is 12.1. The Morgan fingerprint density at radius 2 is 2.00 bits per heavy atom. The van der Waals surface area contributed by atoms with Crippen LogP contribution in [0.2, 0.25) is 0 Å². The average Bonchev–Trinajstić information content (AvgIpc) is 3.11. The van der Waals surface area contributed by atoms with Crippen LogP contribution in [0.1, 0.15) is 48.4 Å². The predicted octanol–water partition coefficient (Wildman–Crippen LogP) is 6.43. The molecule has 5 rings (SSSR count). The summed E-state index contributed by atoms with van der Waals surface area (Å²) in [6, 6.07) is 12.0. The van der Waals surface area contributed by atoms with E-state index in [1.807, 2.05) is 36.9 Å². The van der Waals surface area contributed by atoms with Gasteiger partial charge >= 0.3 is 6.03 Å². The van der Waals surface area contributed by atoms with E-state index in [1.165, 1.54) is 5.56 Å². The molecule has 0 unspecified atom stereocenters. The number of ether oxygens (including phenoxy) is 1. The molecule has 0 bridgehead atoms. The predicted molar refractivity (Wildman–Crippen MR) is 129 cm³/mol. The zero-order chi connectivity index (χ0) is 23.0. The summed E-state index contributed by atoms with van der Waals surface area (Å²) in [4.78, 5) is 18.8. The number of piperidine rings is 1. The number of halogens is 1. The second-order valence-corrected chi connectivity index (χ2v) is 10.1. The van der Waals surface area contributed by atoms with E-state index in [0.717, 1.165) is 60.3 Å². The summed E-state index contributed by atoms with van der Waals surface area (Å²) in [6.07, 6.45) is 6.11. The molecule has 0 radical (unpaired) electrons. The summed E-state index contributed by atoms with van der Waals surface area (Å²) in [5.74, 6) is 2.38. The highest BCUT2D eigenvalue weighted by atomic mass is 79.9. The molecule has 3 aromatic rings. The van der Waals surface area contributed by atoms with Crippen LogP contribution in [0.5, 0.6) is 11.6 Å². The van der Waals surface area contributed by atoms with Crippen molar-refractivity contribution in [3.63, 3.8) is 0 Å². The second-order valence-electron chi connectivity index (χ2n) is 9.23. The van der Waals surface area contributed by atoms with E-state index >= 15 is 0 Å². The first-order valence-electron chi connectivity index (χ1n) is 11.3. The number of carbonyl (C=O) groups excluding carboxylic acids is 1. The fourth-order valence-corrected chi connectivity index (χ4v) is 5.13. The molecule has 3 heterocycles. The first-order valence-corrected chi connectivity index (χ1v) is 12.1. The highest BCUT2D eigenvalue weighted by molar-refractivity contribution is 9.10. The number of anilines is 1. The molecule has 2 aliphatic rings. The first kappa shape index (κ1) is 21.9. The fraction of sp³-hybridized carbons (Fsp3) is 0.400. The lowest BCUT2D eigenvalue weighted by atomic mass is 9.56. The number of aromatic nitrogens is 2. The summed E-state index contributed by atoms with van der Waals surface area (Å²) in [5, 5.41) is 6.77. The topological polar surface area (TPSA) is 80.5 Å².